The first-order valence-corrected chi connectivity index (χ1v) is 10.2. The monoisotopic (exact) mass is 366 g/mol. The van der Waals surface area contributed by atoms with Gasteiger partial charge < -0.3 is 10.6 Å². The molecule has 0 aliphatic heterocycles. The van der Waals surface area contributed by atoms with Gasteiger partial charge in [-0.3, -0.25) is 0 Å². The van der Waals surface area contributed by atoms with E-state index >= 15 is 0 Å². The fourth-order valence-corrected chi connectivity index (χ4v) is 4.05. The zero-order valence-electron chi connectivity index (χ0n) is 19.1. The predicted octanol–water partition coefficient (Wildman–Crippen LogP) is 6.68. The van der Waals surface area contributed by atoms with Crippen molar-refractivity contribution < 1.29 is 0 Å². The van der Waals surface area contributed by atoms with Crippen molar-refractivity contribution in [1.82, 2.24) is 0 Å². The van der Waals surface area contributed by atoms with Gasteiger partial charge in [-0.2, -0.15) is 0 Å². The minimum absolute atomic E-state index is 0.985. The van der Waals surface area contributed by atoms with Crippen LogP contribution in [0, 0.1) is 69.2 Å². The summed E-state index contributed by atoms with van der Waals surface area (Å²) < 4.78 is 0. The van der Waals surface area contributed by atoms with Crippen molar-refractivity contribution in [3.8, 4) is 0 Å². The van der Waals surface area contributed by atoms with Crippen LogP contribution in [0.25, 0.3) is 0 Å². The molecule has 2 aromatic rings. The largest absolute Gasteiger partial charge is 0.385 e. The highest BCUT2D eigenvalue weighted by molar-refractivity contribution is 5.65. The SMILES string of the molecule is Cc1c(C)c(C)c(NCCCNc2c(C)c(C)c(C)c(C)c2C)c(C)c1C. The van der Waals surface area contributed by atoms with Gasteiger partial charge in [-0.15, -0.1) is 0 Å². The molecule has 0 radical (unpaired) electrons. The lowest BCUT2D eigenvalue weighted by molar-refractivity contribution is 0.901. The fraction of sp³-hybridized carbons (Fsp3) is 0.520. The molecule has 148 valence electrons. The molecule has 0 saturated carbocycles. The van der Waals surface area contributed by atoms with Gasteiger partial charge in [-0.05, 0) is 131 Å². The minimum Gasteiger partial charge on any atom is -0.385 e. The first-order chi connectivity index (χ1) is 12.6. The third-order valence-electron chi connectivity index (χ3n) is 6.96. The fourth-order valence-electron chi connectivity index (χ4n) is 4.05. The lowest BCUT2D eigenvalue weighted by atomic mass is 9.93. The number of nitrogens with one attached hydrogen (secondary N) is 2. The molecule has 2 rings (SSSR count). The summed E-state index contributed by atoms with van der Waals surface area (Å²) in [5.74, 6) is 0. The Hall–Kier alpha value is -1.96. The standard InChI is InChI=1S/C25H38N2/c1-14-16(3)20(7)24(21(8)17(14)4)26-12-11-13-27-25-22(9)18(5)15(2)19(6)23(25)10/h26-27H,11-13H2,1-10H3. The summed E-state index contributed by atoms with van der Waals surface area (Å²) in [5.41, 5.74) is 16.7. The van der Waals surface area contributed by atoms with E-state index in [1.54, 1.807) is 0 Å². The Morgan fingerprint density at radius 2 is 0.593 bits per heavy atom. The van der Waals surface area contributed by atoms with Crippen LogP contribution in [-0.4, -0.2) is 13.1 Å². The number of benzene rings is 2. The predicted molar refractivity (Wildman–Crippen MR) is 122 cm³/mol. The molecule has 0 heterocycles. The smallest absolute Gasteiger partial charge is 0.0405 e. The van der Waals surface area contributed by atoms with E-state index in [-0.39, 0.29) is 0 Å². The molecular weight excluding hydrogens is 328 g/mol. The van der Waals surface area contributed by atoms with Crippen LogP contribution in [0.3, 0.4) is 0 Å². The van der Waals surface area contributed by atoms with Crippen LogP contribution in [0.1, 0.15) is 62.1 Å². The minimum atomic E-state index is 0.985. The average molecular weight is 367 g/mol. The molecule has 0 aliphatic rings. The lowest BCUT2D eigenvalue weighted by Gasteiger charge is -2.21. The normalized spacial score (nSPS) is 11.0. The molecule has 2 heteroatoms. The summed E-state index contributed by atoms with van der Waals surface area (Å²) in [6.07, 6.45) is 1.09. The van der Waals surface area contributed by atoms with Crippen molar-refractivity contribution in [2.24, 2.45) is 0 Å². The Bertz CT molecular complexity index is 730. The second-order valence-corrected chi connectivity index (χ2v) is 8.21. The first-order valence-electron chi connectivity index (χ1n) is 10.2. The van der Waals surface area contributed by atoms with Gasteiger partial charge in [0.1, 0.15) is 0 Å². The van der Waals surface area contributed by atoms with Crippen molar-refractivity contribution in [3.05, 3.63) is 55.6 Å². The molecule has 0 atom stereocenters. The summed E-state index contributed by atoms with van der Waals surface area (Å²) >= 11 is 0. The van der Waals surface area contributed by atoms with Gasteiger partial charge in [0.2, 0.25) is 0 Å². The summed E-state index contributed by atoms with van der Waals surface area (Å²) in [5, 5.41) is 7.39. The van der Waals surface area contributed by atoms with Gasteiger partial charge in [0.05, 0.1) is 0 Å². The lowest BCUT2D eigenvalue weighted by Crippen LogP contribution is -2.13. The van der Waals surface area contributed by atoms with Crippen LogP contribution in [-0.2, 0) is 0 Å². The molecule has 0 aliphatic carbocycles. The molecule has 2 aromatic carbocycles. The Morgan fingerprint density at radius 1 is 0.370 bits per heavy atom. The first kappa shape index (κ1) is 21.3. The Balaban J connectivity index is 2.02. The van der Waals surface area contributed by atoms with Crippen LogP contribution in [0.2, 0.25) is 0 Å². The number of rotatable bonds is 6. The maximum atomic E-state index is 3.70. The Labute approximate surface area is 166 Å². The van der Waals surface area contributed by atoms with Crippen LogP contribution < -0.4 is 10.6 Å². The van der Waals surface area contributed by atoms with Crippen molar-refractivity contribution in [1.29, 1.82) is 0 Å². The third-order valence-corrected chi connectivity index (χ3v) is 6.96. The van der Waals surface area contributed by atoms with E-state index in [4.69, 9.17) is 0 Å². The van der Waals surface area contributed by atoms with Crippen LogP contribution >= 0.6 is 0 Å². The van der Waals surface area contributed by atoms with Crippen LogP contribution in [0.5, 0.6) is 0 Å². The topological polar surface area (TPSA) is 24.1 Å². The molecular formula is C25H38N2. The molecule has 0 fully saturated rings. The zero-order valence-corrected chi connectivity index (χ0v) is 19.1. The van der Waals surface area contributed by atoms with Gasteiger partial charge in [0, 0.05) is 24.5 Å². The van der Waals surface area contributed by atoms with Crippen LogP contribution in [0.4, 0.5) is 11.4 Å². The molecule has 0 aromatic heterocycles. The molecule has 0 amide bonds. The number of anilines is 2. The quantitative estimate of drug-likeness (QED) is 0.557. The number of hydrogen-bond acceptors (Lipinski definition) is 2. The Morgan fingerprint density at radius 3 is 0.852 bits per heavy atom. The molecule has 2 nitrogen and oxygen atoms in total. The molecule has 0 bridgehead atoms. The van der Waals surface area contributed by atoms with E-state index in [0.29, 0.717) is 0 Å². The summed E-state index contributed by atoms with van der Waals surface area (Å²) in [6.45, 7) is 24.3. The van der Waals surface area contributed by atoms with Crippen molar-refractivity contribution in [3.63, 3.8) is 0 Å². The maximum absolute atomic E-state index is 3.70. The summed E-state index contributed by atoms with van der Waals surface area (Å²) in [4.78, 5) is 0. The van der Waals surface area contributed by atoms with E-state index in [2.05, 4.69) is 79.9 Å². The van der Waals surface area contributed by atoms with Crippen molar-refractivity contribution in [2.75, 3.05) is 23.7 Å². The second-order valence-electron chi connectivity index (χ2n) is 8.21. The van der Waals surface area contributed by atoms with E-state index in [9.17, 15) is 0 Å². The Kier molecular flexibility index (Phi) is 6.62. The van der Waals surface area contributed by atoms with E-state index in [1.165, 1.54) is 67.0 Å². The molecule has 2 N–H and O–H groups in total. The van der Waals surface area contributed by atoms with Gasteiger partial charge in [-0.25, -0.2) is 0 Å². The van der Waals surface area contributed by atoms with Crippen molar-refractivity contribution >= 4 is 11.4 Å². The highest BCUT2D eigenvalue weighted by atomic mass is 14.9. The van der Waals surface area contributed by atoms with Gasteiger partial charge in [0.15, 0.2) is 0 Å². The second kappa shape index (κ2) is 8.37. The van der Waals surface area contributed by atoms with E-state index in [0.717, 1.165) is 19.5 Å². The van der Waals surface area contributed by atoms with Crippen LogP contribution in [0.15, 0.2) is 0 Å². The molecule has 27 heavy (non-hydrogen) atoms. The third kappa shape index (κ3) is 4.00. The molecule has 0 spiro atoms. The van der Waals surface area contributed by atoms with E-state index in [1.807, 2.05) is 0 Å². The molecule has 0 saturated heterocycles. The zero-order chi connectivity index (χ0) is 20.5. The van der Waals surface area contributed by atoms with Gasteiger partial charge in [-0.1, -0.05) is 0 Å². The van der Waals surface area contributed by atoms with E-state index < -0.39 is 0 Å². The number of hydrogen-bond donors (Lipinski definition) is 2. The highest BCUT2D eigenvalue weighted by Gasteiger charge is 2.13. The average Bonchev–Trinajstić information content (AvgIpc) is 2.66. The highest BCUT2D eigenvalue weighted by Crippen LogP contribution is 2.31. The van der Waals surface area contributed by atoms with Gasteiger partial charge in [0.25, 0.3) is 0 Å². The van der Waals surface area contributed by atoms with Gasteiger partial charge >= 0.3 is 0 Å². The molecule has 0 unspecified atom stereocenters. The summed E-state index contributed by atoms with van der Waals surface area (Å²) in [7, 11) is 0. The maximum Gasteiger partial charge on any atom is 0.0405 e. The van der Waals surface area contributed by atoms with Crippen molar-refractivity contribution in [2.45, 2.75) is 75.7 Å². The summed E-state index contributed by atoms with van der Waals surface area (Å²) in [6, 6.07) is 0.